The number of aromatic nitrogens is 3. The Balaban J connectivity index is 1.66. The quantitative estimate of drug-likeness (QED) is 0.756. The summed E-state index contributed by atoms with van der Waals surface area (Å²) in [7, 11) is 0. The van der Waals surface area contributed by atoms with E-state index in [0.717, 1.165) is 11.3 Å². The molecule has 2 amide bonds. The smallest absolute Gasteiger partial charge is 0.247 e. The maximum absolute atomic E-state index is 13.0. The van der Waals surface area contributed by atoms with Gasteiger partial charge in [-0.2, -0.15) is 5.10 Å². The number of benzene rings is 2. The van der Waals surface area contributed by atoms with Gasteiger partial charge in [0.1, 0.15) is 24.4 Å². The van der Waals surface area contributed by atoms with Crippen LogP contribution in [0.2, 0.25) is 5.02 Å². The highest BCUT2D eigenvalue weighted by Gasteiger charge is 2.37. The molecule has 0 fully saturated rings. The van der Waals surface area contributed by atoms with Gasteiger partial charge in [0, 0.05) is 19.0 Å². The van der Waals surface area contributed by atoms with Crippen molar-refractivity contribution in [3.8, 4) is 5.69 Å². The van der Waals surface area contributed by atoms with Crippen LogP contribution in [-0.2, 0) is 16.0 Å². The standard InChI is InChI=1S/C19H16ClN5O2/c1-12(26)25-16-8-3-2-5-13(16)9-17(25)19(27)23-15-7-4-6-14(20)18(15)24-11-21-10-22-24/h2-8,10-11,17H,9H2,1H3,(H,23,27)/t17-/m0/s1. The van der Waals surface area contributed by atoms with Gasteiger partial charge in [0.05, 0.1) is 10.7 Å². The van der Waals surface area contributed by atoms with Gasteiger partial charge < -0.3 is 5.32 Å². The predicted molar refractivity (Wildman–Crippen MR) is 102 cm³/mol. The number of hydrogen-bond donors (Lipinski definition) is 1. The minimum absolute atomic E-state index is 0.178. The van der Waals surface area contributed by atoms with Crippen LogP contribution in [-0.4, -0.2) is 32.6 Å². The number of nitrogens with one attached hydrogen (secondary N) is 1. The number of anilines is 2. The van der Waals surface area contributed by atoms with Gasteiger partial charge in [-0.05, 0) is 23.8 Å². The summed E-state index contributed by atoms with van der Waals surface area (Å²) in [6.07, 6.45) is 3.35. The van der Waals surface area contributed by atoms with Crippen molar-refractivity contribution < 1.29 is 9.59 Å². The third-order valence-electron chi connectivity index (χ3n) is 4.51. The highest BCUT2D eigenvalue weighted by atomic mass is 35.5. The molecule has 7 nitrogen and oxygen atoms in total. The zero-order valence-corrected chi connectivity index (χ0v) is 15.2. The van der Waals surface area contributed by atoms with Gasteiger partial charge in [0.15, 0.2) is 0 Å². The molecular weight excluding hydrogens is 366 g/mol. The van der Waals surface area contributed by atoms with Crippen molar-refractivity contribution in [2.24, 2.45) is 0 Å². The van der Waals surface area contributed by atoms with Crippen molar-refractivity contribution in [3.63, 3.8) is 0 Å². The molecule has 0 aliphatic carbocycles. The second kappa shape index (κ2) is 6.85. The van der Waals surface area contributed by atoms with Crippen LogP contribution >= 0.6 is 11.6 Å². The first-order valence-corrected chi connectivity index (χ1v) is 8.76. The summed E-state index contributed by atoms with van der Waals surface area (Å²) in [6, 6.07) is 12.1. The molecule has 27 heavy (non-hydrogen) atoms. The molecule has 0 saturated heterocycles. The number of para-hydroxylation sites is 2. The average Bonchev–Trinajstić information content (AvgIpc) is 3.29. The first-order chi connectivity index (χ1) is 13.1. The minimum Gasteiger partial charge on any atom is -0.322 e. The number of rotatable bonds is 3. The molecule has 3 aromatic rings. The van der Waals surface area contributed by atoms with Crippen molar-refractivity contribution in [1.82, 2.24) is 14.8 Å². The van der Waals surface area contributed by atoms with Crippen LogP contribution in [0.1, 0.15) is 12.5 Å². The lowest BCUT2D eigenvalue weighted by atomic mass is 10.1. The maximum Gasteiger partial charge on any atom is 0.247 e. The lowest BCUT2D eigenvalue weighted by Crippen LogP contribution is -2.44. The molecule has 0 unspecified atom stereocenters. The van der Waals surface area contributed by atoms with Crippen LogP contribution in [0, 0.1) is 0 Å². The number of hydrogen-bond acceptors (Lipinski definition) is 4. The third kappa shape index (κ3) is 3.06. The Morgan fingerprint density at radius 3 is 2.74 bits per heavy atom. The summed E-state index contributed by atoms with van der Waals surface area (Å²) in [5.74, 6) is -0.465. The normalized spacial score (nSPS) is 15.5. The second-order valence-electron chi connectivity index (χ2n) is 6.20. The fourth-order valence-corrected chi connectivity index (χ4v) is 3.63. The summed E-state index contributed by atoms with van der Waals surface area (Å²) < 4.78 is 1.49. The molecule has 0 bridgehead atoms. The molecule has 0 spiro atoms. The second-order valence-corrected chi connectivity index (χ2v) is 6.61. The average molecular weight is 382 g/mol. The van der Waals surface area contributed by atoms with E-state index in [1.807, 2.05) is 24.3 Å². The van der Waals surface area contributed by atoms with Crippen molar-refractivity contribution in [2.45, 2.75) is 19.4 Å². The largest absolute Gasteiger partial charge is 0.322 e. The summed E-state index contributed by atoms with van der Waals surface area (Å²) in [5.41, 5.74) is 2.76. The number of amides is 2. The Labute approximate surface area is 160 Å². The van der Waals surface area contributed by atoms with E-state index in [1.54, 1.807) is 18.2 Å². The molecule has 2 heterocycles. The Morgan fingerprint density at radius 2 is 2.00 bits per heavy atom. The predicted octanol–water partition coefficient (Wildman–Crippen LogP) is 2.84. The van der Waals surface area contributed by atoms with E-state index < -0.39 is 6.04 Å². The van der Waals surface area contributed by atoms with Gasteiger partial charge in [0.2, 0.25) is 11.8 Å². The molecule has 1 aromatic heterocycles. The zero-order valence-electron chi connectivity index (χ0n) is 14.5. The van der Waals surface area contributed by atoms with E-state index in [-0.39, 0.29) is 11.8 Å². The molecular formula is C19H16ClN5O2. The molecule has 4 rings (SSSR count). The SMILES string of the molecule is CC(=O)N1c2ccccc2C[C@H]1C(=O)Nc1cccc(Cl)c1-n1cncn1. The van der Waals surface area contributed by atoms with Gasteiger partial charge in [-0.25, -0.2) is 9.67 Å². The highest BCUT2D eigenvalue weighted by Crippen LogP contribution is 2.33. The van der Waals surface area contributed by atoms with Crippen LogP contribution in [0.5, 0.6) is 0 Å². The van der Waals surface area contributed by atoms with E-state index in [2.05, 4.69) is 15.4 Å². The van der Waals surface area contributed by atoms with Crippen molar-refractivity contribution >= 4 is 34.8 Å². The summed E-state index contributed by atoms with van der Waals surface area (Å²) in [6.45, 7) is 1.46. The number of carbonyl (C=O) groups is 2. The molecule has 2 aromatic carbocycles. The summed E-state index contributed by atoms with van der Waals surface area (Å²) >= 11 is 6.31. The summed E-state index contributed by atoms with van der Waals surface area (Å²) in [5, 5.41) is 7.42. The molecule has 1 atom stereocenters. The molecule has 0 radical (unpaired) electrons. The summed E-state index contributed by atoms with van der Waals surface area (Å²) in [4.78, 5) is 30.7. The Morgan fingerprint density at radius 1 is 1.19 bits per heavy atom. The number of nitrogens with zero attached hydrogens (tertiary/aromatic N) is 4. The maximum atomic E-state index is 13.0. The Kier molecular flexibility index (Phi) is 4.37. The van der Waals surface area contributed by atoms with E-state index >= 15 is 0 Å². The van der Waals surface area contributed by atoms with Crippen LogP contribution in [0.4, 0.5) is 11.4 Å². The fraction of sp³-hybridized carbons (Fsp3) is 0.158. The van der Waals surface area contributed by atoms with Crippen LogP contribution in [0.3, 0.4) is 0 Å². The molecule has 1 aliphatic rings. The van der Waals surface area contributed by atoms with Crippen LogP contribution in [0.25, 0.3) is 5.69 Å². The first kappa shape index (κ1) is 17.2. The Bertz CT molecular complexity index is 1020. The van der Waals surface area contributed by atoms with Gasteiger partial charge in [-0.1, -0.05) is 35.9 Å². The fourth-order valence-electron chi connectivity index (χ4n) is 3.37. The third-order valence-corrected chi connectivity index (χ3v) is 4.82. The number of fused-ring (bicyclic) bond motifs is 1. The van der Waals surface area contributed by atoms with E-state index in [1.165, 1.54) is 29.2 Å². The lowest BCUT2D eigenvalue weighted by molar-refractivity contribution is -0.122. The minimum atomic E-state index is -0.623. The molecule has 1 N–H and O–H groups in total. The highest BCUT2D eigenvalue weighted by molar-refractivity contribution is 6.33. The number of halogens is 1. The molecule has 8 heteroatoms. The lowest BCUT2D eigenvalue weighted by Gasteiger charge is -2.24. The monoisotopic (exact) mass is 381 g/mol. The molecule has 0 saturated carbocycles. The van der Waals surface area contributed by atoms with Crippen LogP contribution in [0.15, 0.2) is 55.1 Å². The van der Waals surface area contributed by atoms with Gasteiger partial charge >= 0.3 is 0 Å². The first-order valence-electron chi connectivity index (χ1n) is 8.38. The van der Waals surface area contributed by atoms with E-state index in [9.17, 15) is 9.59 Å². The van der Waals surface area contributed by atoms with Crippen molar-refractivity contribution in [3.05, 3.63) is 65.7 Å². The Hall–Kier alpha value is -3.19. The number of carbonyl (C=O) groups excluding carboxylic acids is 2. The zero-order chi connectivity index (χ0) is 19.0. The van der Waals surface area contributed by atoms with Crippen molar-refractivity contribution in [1.29, 1.82) is 0 Å². The van der Waals surface area contributed by atoms with E-state index in [4.69, 9.17) is 11.6 Å². The van der Waals surface area contributed by atoms with Crippen LogP contribution < -0.4 is 10.2 Å². The molecule has 136 valence electrons. The molecule has 1 aliphatic heterocycles. The van der Waals surface area contributed by atoms with Gasteiger partial charge in [0.25, 0.3) is 0 Å². The van der Waals surface area contributed by atoms with Crippen molar-refractivity contribution in [2.75, 3.05) is 10.2 Å². The topological polar surface area (TPSA) is 80.1 Å². The van der Waals surface area contributed by atoms with Gasteiger partial charge in [-0.15, -0.1) is 0 Å². The van der Waals surface area contributed by atoms with Gasteiger partial charge in [-0.3, -0.25) is 14.5 Å². The van der Waals surface area contributed by atoms with E-state index in [0.29, 0.717) is 22.8 Å².